The van der Waals surface area contributed by atoms with Gasteiger partial charge in [-0.15, -0.1) is 10.2 Å². The number of benzene rings is 4. The molecule has 0 aliphatic carbocycles. The Morgan fingerprint density at radius 3 is 2.22 bits per heavy atom. The van der Waals surface area contributed by atoms with E-state index in [0.717, 1.165) is 24.8 Å². The molecule has 0 aliphatic heterocycles. The van der Waals surface area contributed by atoms with Crippen LogP contribution in [0.4, 0.5) is 16.2 Å². The number of amides is 2. The van der Waals surface area contributed by atoms with Gasteiger partial charge in [-0.25, -0.2) is 0 Å². The number of carbonyl (C=O) groups is 3. The number of nitrogens with one attached hydrogen (secondary N) is 1. The Bertz CT molecular complexity index is 2330. The number of aromatic nitrogens is 2. The molecule has 0 saturated carbocycles. The number of phenols is 1. The molecule has 15 nitrogen and oxygen atoms in total. The summed E-state index contributed by atoms with van der Waals surface area (Å²) >= 11 is 0.642. The summed E-state index contributed by atoms with van der Waals surface area (Å²) < 4.78 is 23.2. The van der Waals surface area contributed by atoms with Gasteiger partial charge in [-0.1, -0.05) is 102 Å². The largest absolute Gasteiger partial charge is 0.506 e. The Labute approximate surface area is 372 Å². The number of aromatic hydroxyl groups is 1. The second-order valence-corrected chi connectivity index (χ2v) is 16.1. The normalized spacial score (nSPS) is 11.0. The third kappa shape index (κ3) is 14.2. The highest BCUT2D eigenvalue weighted by Crippen LogP contribution is 2.40. The molecular formula is C47H57N5O10S. The summed E-state index contributed by atoms with van der Waals surface area (Å²) in [4.78, 5) is 52.3. The van der Waals surface area contributed by atoms with Crippen molar-refractivity contribution in [2.24, 2.45) is 0 Å². The average Bonchev–Trinajstić information content (AvgIpc) is 3.71. The van der Waals surface area contributed by atoms with Gasteiger partial charge in [0.05, 0.1) is 35.9 Å². The monoisotopic (exact) mass is 883 g/mol. The van der Waals surface area contributed by atoms with E-state index in [0.29, 0.717) is 47.0 Å². The lowest BCUT2D eigenvalue weighted by Gasteiger charge is -2.22. The highest BCUT2D eigenvalue weighted by atomic mass is 32.2. The van der Waals surface area contributed by atoms with Crippen LogP contribution in [-0.2, 0) is 22.5 Å². The highest BCUT2D eigenvalue weighted by molar-refractivity contribution is 8.13. The number of hydrogen-bond acceptors (Lipinski definition) is 13. The minimum Gasteiger partial charge on any atom is -0.506 e. The second kappa shape index (κ2) is 24.5. The van der Waals surface area contributed by atoms with Gasteiger partial charge in [0, 0.05) is 46.8 Å². The van der Waals surface area contributed by atoms with Crippen molar-refractivity contribution in [2.45, 2.75) is 117 Å². The first kappa shape index (κ1) is 47.9. The summed E-state index contributed by atoms with van der Waals surface area (Å²) in [6.45, 7) is 8.56. The molecular weight excluding hydrogens is 827 g/mol. The van der Waals surface area contributed by atoms with Crippen molar-refractivity contribution in [3.63, 3.8) is 0 Å². The maximum atomic E-state index is 14.1. The van der Waals surface area contributed by atoms with Gasteiger partial charge >= 0.3 is 5.97 Å². The van der Waals surface area contributed by atoms with Crippen molar-refractivity contribution in [1.29, 1.82) is 0 Å². The molecule has 2 N–H and O–H groups in total. The van der Waals surface area contributed by atoms with Gasteiger partial charge in [0.2, 0.25) is 5.89 Å². The van der Waals surface area contributed by atoms with Crippen molar-refractivity contribution in [2.75, 3.05) is 25.1 Å². The summed E-state index contributed by atoms with van der Waals surface area (Å²) in [6.07, 6.45) is 12.4. The van der Waals surface area contributed by atoms with Gasteiger partial charge in [0.1, 0.15) is 29.4 Å². The molecule has 1 heterocycles. The summed E-state index contributed by atoms with van der Waals surface area (Å²) in [5.74, 6) is -0.547. The molecule has 4 aromatic carbocycles. The molecule has 0 fully saturated rings. The summed E-state index contributed by atoms with van der Waals surface area (Å²) in [5.41, 5.74) is 1.34. The SMILES string of the molecule is CCCCCCCCCCCCOc1ccc(C)cc1NC(=O)c1cc(Oc2ccc([N+](=O)[O-])cc2CN(CC)C(=O)Sc2nnc(CC(=O)OCCC)o2)c2ccccc2c1O. The van der Waals surface area contributed by atoms with Gasteiger partial charge in [0.25, 0.3) is 22.1 Å². The number of rotatable bonds is 25. The van der Waals surface area contributed by atoms with Crippen LogP contribution in [0.15, 0.2) is 76.4 Å². The van der Waals surface area contributed by atoms with Crippen molar-refractivity contribution >= 4 is 51.0 Å². The van der Waals surface area contributed by atoms with Gasteiger partial charge in [-0.05, 0) is 56.5 Å². The third-order valence-corrected chi connectivity index (χ3v) is 11.0. The van der Waals surface area contributed by atoms with Crippen LogP contribution >= 0.6 is 11.8 Å². The van der Waals surface area contributed by atoms with Crippen LogP contribution in [0.5, 0.6) is 23.0 Å². The highest BCUT2D eigenvalue weighted by Gasteiger charge is 2.24. The smallest absolute Gasteiger partial charge is 0.315 e. The standard InChI is InChI=1S/C47H57N5O10S/c1-5-8-9-10-11-12-13-14-15-18-26-59-40-23-21-32(4)27-38(40)48-45(55)37-29-41(35-19-16-17-20-36(35)44(37)54)61-39-24-22-34(52(57)58)28-33(39)31-51(7-3)47(56)63-46-50-49-42(62-46)30-43(53)60-25-6-2/h16-17,19-24,27-29,54H,5-15,18,25-26,30-31H2,1-4H3,(H,48,55). The number of ether oxygens (including phenoxy) is 3. The van der Waals surface area contributed by atoms with Crippen molar-refractivity contribution in [3.8, 4) is 23.0 Å². The number of esters is 1. The number of non-ortho nitro benzene ring substituents is 1. The fourth-order valence-corrected chi connectivity index (χ4v) is 7.52. The van der Waals surface area contributed by atoms with Crippen LogP contribution in [0, 0.1) is 17.0 Å². The number of aryl methyl sites for hydroxylation is 1. The van der Waals surface area contributed by atoms with E-state index in [1.54, 1.807) is 31.2 Å². The lowest BCUT2D eigenvalue weighted by molar-refractivity contribution is -0.384. The molecule has 0 bridgehead atoms. The number of anilines is 1. The number of unbranched alkanes of at least 4 members (excludes halogenated alkanes) is 9. The Morgan fingerprint density at radius 2 is 1.52 bits per heavy atom. The van der Waals surface area contributed by atoms with Gasteiger partial charge in [-0.3, -0.25) is 24.5 Å². The lowest BCUT2D eigenvalue weighted by atomic mass is 10.0. The van der Waals surface area contributed by atoms with E-state index < -0.39 is 22.0 Å². The van der Waals surface area contributed by atoms with E-state index in [1.165, 1.54) is 74.1 Å². The molecule has 0 aliphatic rings. The number of phenolic OH excluding ortho intramolecular Hbond substituents is 1. The number of nitro groups is 1. The van der Waals surface area contributed by atoms with Crippen LogP contribution < -0.4 is 14.8 Å². The number of nitro benzene ring substituents is 1. The predicted octanol–water partition coefficient (Wildman–Crippen LogP) is 11.7. The maximum absolute atomic E-state index is 14.1. The van der Waals surface area contributed by atoms with E-state index in [2.05, 4.69) is 22.4 Å². The fraction of sp³-hybridized carbons (Fsp3) is 0.426. The molecule has 0 atom stereocenters. The first-order valence-electron chi connectivity index (χ1n) is 21.7. The Kier molecular flexibility index (Phi) is 18.6. The van der Waals surface area contributed by atoms with Gasteiger partial charge in [-0.2, -0.15) is 0 Å². The molecule has 2 amide bonds. The van der Waals surface area contributed by atoms with E-state index in [9.17, 15) is 29.6 Å². The van der Waals surface area contributed by atoms with E-state index in [1.807, 2.05) is 32.0 Å². The Hall–Kier alpha value is -6.16. The van der Waals surface area contributed by atoms with Crippen molar-refractivity contribution in [1.82, 2.24) is 15.1 Å². The molecule has 0 spiro atoms. The zero-order valence-electron chi connectivity index (χ0n) is 36.5. The quantitative estimate of drug-likeness (QED) is 0.0185. The Balaban J connectivity index is 1.32. The Morgan fingerprint density at radius 1 is 0.825 bits per heavy atom. The molecule has 1 aromatic heterocycles. The van der Waals surface area contributed by atoms with Crippen LogP contribution in [0.2, 0.25) is 0 Å². The topological polar surface area (TPSA) is 196 Å². The number of hydrogen-bond donors (Lipinski definition) is 2. The molecule has 16 heteroatoms. The molecule has 336 valence electrons. The minimum atomic E-state index is -0.608. The van der Waals surface area contributed by atoms with E-state index in [-0.39, 0.29) is 71.3 Å². The molecule has 63 heavy (non-hydrogen) atoms. The number of carbonyl (C=O) groups excluding carboxylic acids is 3. The third-order valence-electron chi connectivity index (χ3n) is 10.2. The fourth-order valence-electron chi connectivity index (χ4n) is 6.83. The summed E-state index contributed by atoms with van der Waals surface area (Å²) in [7, 11) is 0. The zero-order valence-corrected chi connectivity index (χ0v) is 37.3. The first-order valence-corrected chi connectivity index (χ1v) is 22.5. The lowest BCUT2D eigenvalue weighted by Crippen LogP contribution is -2.27. The zero-order chi connectivity index (χ0) is 45.1. The molecule has 5 aromatic rings. The van der Waals surface area contributed by atoms with Crippen LogP contribution in [0.3, 0.4) is 0 Å². The molecule has 0 saturated heterocycles. The van der Waals surface area contributed by atoms with Crippen LogP contribution in [0.25, 0.3) is 10.8 Å². The van der Waals surface area contributed by atoms with Gasteiger partial charge in [0.15, 0.2) is 0 Å². The molecule has 0 unspecified atom stereocenters. The predicted molar refractivity (Wildman–Crippen MR) is 242 cm³/mol. The van der Waals surface area contributed by atoms with Crippen LogP contribution in [0.1, 0.15) is 119 Å². The van der Waals surface area contributed by atoms with Crippen molar-refractivity contribution < 1.29 is 43.0 Å². The number of nitrogens with zero attached hydrogens (tertiary/aromatic N) is 4. The first-order chi connectivity index (χ1) is 30.5. The average molecular weight is 884 g/mol. The molecule has 5 rings (SSSR count). The maximum Gasteiger partial charge on any atom is 0.315 e. The second-order valence-electron chi connectivity index (χ2n) is 15.2. The van der Waals surface area contributed by atoms with Crippen LogP contribution in [-0.4, -0.2) is 62.0 Å². The number of fused-ring (bicyclic) bond motifs is 1. The van der Waals surface area contributed by atoms with E-state index in [4.69, 9.17) is 18.6 Å². The van der Waals surface area contributed by atoms with E-state index >= 15 is 0 Å². The van der Waals surface area contributed by atoms with Gasteiger partial charge < -0.3 is 34.0 Å². The summed E-state index contributed by atoms with van der Waals surface area (Å²) in [6, 6.07) is 17.8. The minimum absolute atomic E-state index is 0.00904. The number of thioether (sulfide) groups is 1. The van der Waals surface area contributed by atoms with Crippen molar-refractivity contribution in [3.05, 3.63) is 99.4 Å². The molecule has 0 radical (unpaired) electrons. The summed E-state index contributed by atoms with van der Waals surface area (Å²) in [5, 5.41) is 34.2.